The molecule has 0 saturated carbocycles. The fourth-order valence-corrected chi connectivity index (χ4v) is 2.89. The molecule has 24 heavy (non-hydrogen) atoms. The van der Waals surface area contributed by atoms with E-state index in [1.165, 1.54) is 0 Å². The molecule has 1 aromatic heterocycles. The van der Waals surface area contributed by atoms with Gasteiger partial charge in [0, 0.05) is 10.6 Å². The van der Waals surface area contributed by atoms with Crippen LogP contribution in [0, 0.1) is 0 Å². The first-order valence-electron chi connectivity index (χ1n) is 7.45. The summed E-state index contributed by atoms with van der Waals surface area (Å²) in [7, 11) is 0. The van der Waals surface area contributed by atoms with Crippen molar-refractivity contribution >= 4 is 29.1 Å². The summed E-state index contributed by atoms with van der Waals surface area (Å²) in [4.78, 5) is 12.4. The lowest BCUT2D eigenvalue weighted by molar-refractivity contribution is 0.0912. The van der Waals surface area contributed by atoms with E-state index in [9.17, 15) is 4.79 Å². The van der Waals surface area contributed by atoms with Crippen LogP contribution in [0.25, 0.3) is 11.3 Å². The molecule has 2 aromatic carbocycles. The summed E-state index contributed by atoms with van der Waals surface area (Å²) in [5, 5.41) is 3.93. The Hall–Kier alpha value is -2.23. The highest BCUT2D eigenvalue weighted by atomic mass is 35.5. The van der Waals surface area contributed by atoms with Crippen molar-refractivity contribution in [3.63, 3.8) is 0 Å². The van der Waals surface area contributed by atoms with Gasteiger partial charge in [-0.25, -0.2) is 0 Å². The first-order chi connectivity index (χ1) is 11.5. The van der Waals surface area contributed by atoms with Crippen LogP contribution in [0.15, 0.2) is 65.1 Å². The molecule has 0 bridgehead atoms. The van der Waals surface area contributed by atoms with E-state index in [0.29, 0.717) is 21.4 Å². The van der Waals surface area contributed by atoms with Crippen LogP contribution in [-0.4, -0.2) is 5.91 Å². The van der Waals surface area contributed by atoms with Crippen LogP contribution in [0.3, 0.4) is 0 Å². The molecule has 3 nitrogen and oxygen atoms in total. The predicted molar refractivity (Wildman–Crippen MR) is 96.5 cm³/mol. The first-order valence-corrected chi connectivity index (χ1v) is 8.21. The number of rotatable bonds is 4. The molecule has 1 heterocycles. The number of benzene rings is 2. The van der Waals surface area contributed by atoms with Gasteiger partial charge in [0.15, 0.2) is 5.76 Å². The van der Waals surface area contributed by atoms with E-state index in [4.69, 9.17) is 27.6 Å². The zero-order chi connectivity index (χ0) is 17.1. The number of carbonyl (C=O) groups is 1. The molecule has 0 aliphatic carbocycles. The topological polar surface area (TPSA) is 42.2 Å². The number of nitrogens with one attached hydrogen (secondary N) is 1. The molecule has 0 fully saturated rings. The Bertz CT molecular complexity index is 859. The van der Waals surface area contributed by atoms with Gasteiger partial charge in [0.05, 0.1) is 11.1 Å². The van der Waals surface area contributed by atoms with E-state index in [1.807, 2.05) is 37.3 Å². The number of hydrogen-bond donors (Lipinski definition) is 1. The van der Waals surface area contributed by atoms with Crippen molar-refractivity contribution in [2.45, 2.75) is 13.0 Å². The highest BCUT2D eigenvalue weighted by molar-refractivity contribution is 6.36. The van der Waals surface area contributed by atoms with Crippen molar-refractivity contribution < 1.29 is 9.21 Å². The van der Waals surface area contributed by atoms with E-state index in [2.05, 4.69) is 5.32 Å². The quantitative estimate of drug-likeness (QED) is 0.644. The van der Waals surface area contributed by atoms with Crippen molar-refractivity contribution in [2.75, 3.05) is 0 Å². The minimum Gasteiger partial charge on any atom is -0.451 e. The molecule has 1 atom stereocenters. The van der Waals surface area contributed by atoms with Crippen LogP contribution in [0.4, 0.5) is 0 Å². The zero-order valence-electron chi connectivity index (χ0n) is 12.9. The Morgan fingerprint density at radius 2 is 1.79 bits per heavy atom. The average molecular weight is 360 g/mol. The lowest BCUT2D eigenvalue weighted by atomic mass is 10.1. The van der Waals surface area contributed by atoms with Crippen molar-refractivity contribution in [3.8, 4) is 11.3 Å². The highest BCUT2D eigenvalue weighted by Gasteiger charge is 2.16. The molecule has 3 rings (SSSR count). The zero-order valence-corrected chi connectivity index (χ0v) is 14.4. The molecule has 1 amide bonds. The number of halogens is 2. The SMILES string of the molecule is C[C@H](NC(=O)c1ccc(-c2ccc(Cl)cc2Cl)o1)c1ccccc1. The Morgan fingerprint density at radius 1 is 1.04 bits per heavy atom. The average Bonchev–Trinajstić information content (AvgIpc) is 3.05. The Kier molecular flexibility index (Phi) is 4.93. The smallest absolute Gasteiger partial charge is 0.287 e. The predicted octanol–water partition coefficient (Wildman–Crippen LogP) is 5.74. The van der Waals surface area contributed by atoms with E-state index in [-0.39, 0.29) is 17.7 Å². The molecular weight excluding hydrogens is 345 g/mol. The molecular formula is C19H15Cl2NO2. The molecule has 0 saturated heterocycles. The number of carbonyl (C=O) groups excluding carboxylic acids is 1. The van der Waals surface area contributed by atoms with E-state index >= 15 is 0 Å². The van der Waals surface area contributed by atoms with E-state index < -0.39 is 0 Å². The van der Waals surface area contributed by atoms with Crippen molar-refractivity contribution in [1.82, 2.24) is 5.32 Å². The monoisotopic (exact) mass is 359 g/mol. The van der Waals surface area contributed by atoms with Crippen molar-refractivity contribution in [2.24, 2.45) is 0 Å². The van der Waals surface area contributed by atoms with E-state index in [1.54, 1.807) is 30.3 Å². The summed E-state index contributed by atoms with van der Waals surface area (Å²) < 4.78 is 5.65. The van der Waals surface area contributed by atoms with Gasteiger partial charge in [0.2, 0.25) is 0 Å². The maximum atomic E-state index is 12.4. The Balaban J connectivity index is 1.76. The maximum Gasteiger partial charge on any atom is 0.287 e. The van der Waals surface area contributed by atoms with Crippen LogP contribution in [-0.2, 0) is 0 Å². The van der Waals surface area contributed by atoms with Gasteiger partial charge in [-0.1, -0.05) is 53.5 Å². The summed E-state index contributed by atoms with van der Waals surface area (Å²) in [6.07, 6.45) is 0. The molecule has 0 aliphatic heterocycles. The molecule has 0 radical (unpaired) electrons. The number of hydrogen-bond acceptors (Lipinski definition) is 2. The lowest BCUT2D eigenvalue weighted by Gasteiger charge is -2.13. The molecule has 5 heteroatoms. The third-order valence-corrected chi connectivity index (χ3v) is 4.22. The lowest BCUT2D eigenvalue weighted by Crippen LogP contribution is -2.26. The van der Waals surface area contributed by atoms with Crippen LogP contribution in [0.2, 0.25) is 10.0 Å². The van der Waals surface area contributed by atoms with Gasteiger partial charge < -0.3 is 9.73 Å². The second kappa shape index (κ2) is 7.12. The van der Waals surface area contributed by atoms with Crippen LogP contribution >= 0.6 is 23.2 Å². The summed E-state index contributed by atoms with van der Waals surface area (Å²) in [5.41, 5.74) is 1.72. The van der Waals surface area contributed by atoms with Crippen LogP contribution in [0.5, 0.6) is 0 Å². The van der Waals surface area contributed by atoms with Crippen molar-refractivity contribution in [1.29, 1.82) is 0 Å². The van der Waals surface area contributed by atoms with Crippen LogP contribution < -0.4 is 5.32 Å². The normalized spacial score (nSPS) is 12.0. The molecule has 0 spiro atoms. The first kappa shape index (κ1) is 16.6. The minimum absolute atomic E-state index is 0.119. The fourth-order valence-electron chi connectivity index (χ4n) is 2.39. The van der Waals surface area contributed by atoms with Gasteiger partial charge in [-0.3, -0.25) is 4.79 Å². The fraction of sp³-hybridized carbons (Fsp3) is 0.105. The molecule has 3 aromatic rings. The second-order valence-corrected chi connectivity index (χ2v) is 6.24. The number of furan rings is 1. The van der Waals surface area contributed by atoms with Gasteiger partial charge in [-0.2, -0.15) is 0 Å². The van der Waals surface area contributed by atoms with Gasteiger partial charge in [0.1, 0.15) is 5.76 Å². The van der Waals surface area contributed by atoms with Gasteiger partial charge >= 0.3 is 0 Å². The van der Waals surface area contributed by atoms with Gasteiger partial charge in [0.25, 0.3) is 5.91 Å². The second-order valence-electron chi connectivity index (χ2n) is 5.39. The standard InChI is InChI=1S/C19H15Cl2NO2/c1-12(13-5-3-2-4-6-13)22-19(23)18-10-9-17(24-18)15-8-7-14(20)11-16(15)21/h2-12H,1H3,(H,22,23)/t12-/m0/s1. The third-order valence-electron chi connectivity index (χ3n) is 3.67. The largest absolute Gasteiger partial charge is 0.451 e. The van der Waals surface area contributed by atoms with Gasteiger partial charge in [-0.05, 0) is 42.8 Å². The molecule has 1 N–H and O–H groups in total. The maximum absolute atomic E-state index is 12.4. The molecule has 0 aliphatic rings. The summed E-state index contributed by atoms with van der Waals surface area (Å²) in [5.74, 6) is 0.482. The minimum atomic E-state index is -0.275. The van der Waals surface area contributed by atoms with Gasteiger partial charge in [-0.15, -0.1) is 0 Å². The molecule has 122 valence electrons. The third kappa shape index (κ3) is 3.64. The summed E-state index contributed by atoms with van der Waals surface area (Å²) >= 11 is 12.1. The summed E-state index contributed by atoms with van der Waals surface area (Å²) in [6, 6.07) is 18.1. The Morgan fingerprint density at radius 3 is 2.50 bits per heavy atom. The highest BCUT2D eigenvalue weighted by Crippen LogP contribution is 2.31. The number of amides is 1. The Labute approximate surface area is 150 Å². The molecule has 0 unspecified atom stereocenters. The van der Waals surface area contributed by atoms with Crippen LogP contribution in [0.1, 0.15) is 29.1 Å². The van der Waals surface area contributed by atoms with Crippen molar-refractivity contribution in [3.05, 3.63) is 82.0 Å². The summed E-state index contributed by atoms with van der Waals surface area (Å²) in [6.45, 7) is 1.92. The van der Waals surface area contributed by atoms with E-state index in [0.717, 1.165) is 5.56 Å².